The van der Waals surface area contributed by atoms with Gasteiger partial charge >= 0.3 is 5.97 Å². The van der Waals surface area contributed by atoms with Crippen LogP contribution in [0.3, 0.4) is 0 Å². The van der Waals surface area contributed by atoms with Crippen LogP contribution in [0.5, 0.6) is 5.75 Å². The van der Waals surface area contributed by atoms with Crippen molar-refractivity contribution in [1.82, 2.24) is 9.78 Å². The van der Waals surface area contributed by atoms with Crippen molar-refractivity contribution >= 4 is 44.5 Å². The van der Waals surface area contributed by atoms with Gasteiger partial charge < -0.3 is 9.47 Å². The van der Waals surface area contributed by atoms with E-state index in [0.717, 1.165) is 15.1 Å². The van der Waals surface area contributed by atoms with Gasteiger partial charge in [0.2, 0.25) is 0 Å². The number of halogens is 2. The first-order chi connectivity index (χ1) is 10.2. The van der Waals surface area contributed by atoms with Crippen LogP contribution in [0.25, 0.3) is 5.69 Å². The fraction of sp³-hybridized carbons (Fsp3) is 0.333. The van der Waals surface area contributed by atoms with Crippen LogP contribution in [0.15, 0.2) is 28.7 Å². The molecular formula is C15H16BrIN2O3. The first-order valence-corrected chi connectivity index (χ1v) is 8.42. The van der Waals surface area contributed by atoms with Crippen LogP contribution in [-0.2, 0) is 4.74 Å². The highest BCUT2D eigenvalue weighted by atomic mass is 127. The number of esters is 1. The predicted molar refractivity (Wildman–Crippen MR) is 95.7 cm³/mol. The molecule has 0 aliphatic carbocycles. The van der Waals surface area contributed by atoms with Gasteiger partial charge in [0.1, 0.15) is 15.1 Å². The Morgan fingerprint density at radius 1 is 1.27 bits per heavy atom. The van der Waals surface area contributed by atoms with E-state index in [1.54, 1.807) is 11.8 Å². The molecule has 5 nitrogen and oxygen atoms in total. The molecule has 2 aromatic rings. The van der Waals surface area contributed by atoms with Crippen molar-refractivity contribution in [2.24, 2.45) is 0 Å². The van der Waals surface area contributed by atoms with Gasteiger partial charge in [0.15, 0.2) is 5.69 Å². The van der Waals surface area contributed by atoms with Crippen molar-refractivity contribution in [3.8, 4) is 11.4 Å². The van der Waals surface area contributed by atoms with Crippen LogP contribution in [0.4, 0.5) is 0 Å². The Kier molecular flexibility index (Phi) is 5.16. The van der Waals surface area contributed by atoms with E-state index in [0.29, 0.717) is 4.47 Å². The van der Waals surface area contributed by atoms with Gasteiger partial charge in [0.05, 0.1) is 17.3 Å². The molecule has 0 fully saturated rings. The van der Waals surface area contributed by atoms with E-state index < -0.39 is 11.6 Å². The van der Waals surface area contributed by atoms with Gasteiger partial charge in [0, 0.05) is 0 Å². The van der Waals surface area contributed by atoms with Gasteiger partial charge in [-0.25, -0.2) is 9.48 Å². The Morgan fingerprint density at radius 2 is 1.86 bits per heavy atom. The molecule has 0 aliphatic heterocycles. The normalized spacial score (nSPS) is 11.4. The first kappa shape index (κ1) is 17.3. The SMILES string of the molecule is COc1ccc(-n2nc(C(=O)OC(C)(C)C)c(Br)c2I)cc1. The zero-order chi connectivity index (χ0) is 16.5. The molecule has 0 aliphatic rings. The summed E-state index contributed by atoms with van der Waals surface area (Å²) in [6.45, 7) is 5.47. The number of carbonyl (C=O) groups excluding carboxylic acids is 1. The second kappa shape index (κ2) is 6.57. The van der Waals surface area contributed by atoms with E-state index >= 15 is 0 Å². The lowest BCUT2D eigenvalue weighted by Gasteiger charge is -2.18. The standard InChI is InChI=1S/C15H16BrIN2O3/c1-15(2,3)22-14(20)12-11(16)13(17)19(18-12)9-5-7-10(21-4)8-6-9/h5-8H,1-4H3. The number of aromatic nitrogens is 2. The third kappa shape index (κ3) is 3.81. The summed E-state index contributed by atoms with van der Waals surface area (Å²) in [5, 5.41) is 4.37. The average molecular weight is 479 g/mol. The Labute approximate surface area is 151 Å². The molecule has 0 saturated heterocycles. The second-order valence-corrected chi connectivity index (χ2v) is 7.38. The van der Waals surface area contributed by atoms with Crippen LogP contribution in [0.2, 0.25) is 0 Å². The molecule has 22 heavy (non-hydrogen) atoms. The molecule has 0 saturated carbocycles. The Hall–Kier alpha value is -1.09. The number of ether oxygens (including phenoxy) is 2. The topological polar surface area (TPSA) is 53.4 Å². The predicted octanol–water partition coefficient (Wildman–Crippen LogP) is 4.20. The summed E-state index contributed by atoms with van der Waals surface area (Å²) >= 11 is 5.55. The average Bonchev–Trinajstić information content (AvgIpc) is 2.74. The molecule has 0 N–H and O–H groups in total. The molecule has 0 radical (unpaired) electrons. The molecule has 118 valence electrons. The highest BCUT2D eigenvalue weighted by molar-refractivity contribution is 14.1. The Morgan fingerprint density at radius 3 is 2.36 bits per heavy atom. The minimum absolute atomic E-state index is 0.259. The van der Waals surface area contributed by atoms with Crippen molar-refractivity contribution in [2.45, 2.75) is 26.4 Å². The van der Waals surface area contributed by atoms with E-state index in [1.807, 2.05) is 45.0 Å². The fourth-order valence-corrected chi connectivity index (χ4v) is 2.78. The lowest BCUT2D eigenvalue weighted by atomic mass is 10.2. The van der Waals surface area contributed by atoms with Crippen molar-refractivity contribution in [1.29, 1.82) is 0 Å². The van der Waals surface area contributed by atoms with E-state index in [1.165, 1.54) is 0 Å². The van der Waals surface area contributed by atoms with E-state index in [9.17, 15) is 4.79 Å². The number of hydrogen-bond donors (Lipinski definition) is 0. The lowest BCUT2D eigenvalue weighted by molar-refractivity contribution is 0.00613. The number of nitrogens with zero attached hydrogens (tertiary/aromatic N) is 2. The van der Waals surface area contributed by atoms with E-state index in [2.05, 4.69) is 43.6 Å². The molecule has 0 amide bonds. The molecule has 1 aromatic heterocycles. The van der Waals surface area contributed by atoms with Gasteiger partial charge in [-0.2, -0.15) is 5.10 Å². The Balaban J connectivity index is 2.38. The van der Waals surface area contributed by atoms with Crippen LogP contribution in [0, 0.1) is 3.70 Å². The molecule has 0 atom stereocenters. The van der Waals surface area contributed by atoms with E-state index in [-0.39, 0.29) is 5.69 Å². The smallest absolute Gasteiger partial charge is 0.360 e. The molecular weight excluding hydrogens is 463 g/mol. The highest BCUT2D eigenvalue weighted by Gasteiger charge is 2.25. The largest absolute Gasteiger partial charge is 0.497 e. The number of rotatable bonds is 3. The molecule has 7 heteroatoms. The van der Waals surface area contributed by atoms with Gasteiger partial charge in [-0.1, -0.05) is 0 Å². The maximum Gasteiger partial charge on any atom is 0.360 e. The molecule has 1 aromatic carbocycles. The highest BCUT2D eigenvalue weighted by Crippen LogP contribution is 2.28. The number of hydrogen-bond acceptors (Lipinski definition) is 4. The molecule has 0 bridgehead atoms. The zero-order valence-corrected chi connectivity index (χ0v) is 16.4. The van der Waals surface area contributed by atoms with Crippen molar-refractivity contribution < 1.29 is 14.3 Å². The summed E-state index contributed by atoms with van der Waals surface area (Å²) < 4.78 is 13.6. The minimum atomic E-state index is -0.564. The molecule has 2 rings (SSSR count). The number of carbonyl (C=O) groups is 1. The third-order valence-corrected chi connectivity index (χ3v) is 5.17. The van der Waals surface area contributed by atoms with Gasteiger partial charge in [-0.15, -0.1) is 0 Å². The van der Waals surface area contributed by atoms with Crippen molar-refractivity contribution in [3.63, 3.8) is 0 Å². The maximum atomic E-state index is 12.2. The van der Waals surface area contributed by atoms with Gasteiger partial charge in [-0.05, 0) is 83.6 Å². The number of benzene rings is 1. The summed E-state index contributed by atoms with van der Waals surface area (Å²) in [6, 6.07) is 7.43. The maximum absolute atomic E-state index is 12.2. The third-order valence-electron chi connectivity index (χ3n) is 2.68. The second-order valence-electron chi connectivity index (χ2n) is 5.57. The van der Waals surface area contributed by atoms with E-state index in [4.69, 9.17) is 9.47 Å². The molecule has 0 spiro atoms. The molecule has 1 heterocycles. The summed E-state index contributed by atoms with van der Waals surface area (Å²) in [5.41, 5.74) is 0.530. The minimum Gasteiger partial charge on any atom is -0.497 e. The Bertz CT molecular complexity index is 690. The summed E-state index contributed by atoms with van der Waals surface area (Å²) in [6.07, 6.45) is 0. The fourth-order valence-electron chi connectivity index (χ4n) is 1.73. The van der Waals surface area contributed by atoms with Crippen LogP contribution < -0.4 is 4.74 Å². The van der Waals surface area contributed by atoms with Crippen LogP contribution in [-0.4, -0.2) is 28.5 Å². The molecule has 0 unspecified atom stereocenters. The zero-order valence-electron chi connectivity index (χ0n) is 12.7. The summed E-state index contributed by atoms with van der Waals surface area (Å²) in [7, 11) is 1.61. The van der Waals surface area contributed by atoms with Gasteiger partial charge in [-0.3, -0.25) is 0 Å². The quantitative estimate of drug-likeness (QED) is 0.490. The van der Waals surface area contributed by atoms with Gasteiger partial charge in [0.25, 0.3) is 0 Å². The monoisotopic (exact) mass is 478 g/mol. The summed E-state index contributed by atoms with van der Waals surface area (Å²) in [4.78, 5) is 12.2. The number of methoxy groups -OCH3 is 1. The van der Waals surface area contributed by atoms with Crippen LogP contribution >= 0.6 is 38.5 Å². The van der Waals surface area contributed by atoms with Crippen LogP contribution in [0.1, 0.15) is 31.3 Å². The first-order valence-electron chi connectivity index (χ1n) is 6.54. The summed E-state index contributed by atoms with van der Waals surface area (Å²) in [5.74, 6) is 0.307. The van der Waals surface area contributed by atoms with Crippen molar-refractivity contribution in [3.05, 3.63) is 38.1 Å². The lowest BCUT2D eigenvalue weighted by Crippen LogP contribution is -2.24. The van der Waals surface area contributed by atoms with Crippen molar-refractivity contribution in [2.75, 3.05) is 7.11 Å².